The molecule has 8 heteroatoms. The molecule has 3 aromatic carbocycles. The molecule has 0 spiro atoms. The second-order valence-electron chi connectivity index (χ2n) is 7.58. The molecule has 0 fully saturated rings. The Hall–Kier alpha value is -3.03. The summed E-state index contributed by atoms with van der Waals surface area (Å²) in [5.41, 5.74) is 4.06. The van der Waals surface area contributed by atoms with E-state index in [9.17, 15) is 13.2 Å². The Kier molecular flexibility index (Phi) is 5.19. The first-order chi connectivity index (χ1) is 14.6. The van der Waals surface area contributed by atoms with Gasteiger partial charge in [0.05, 0.1) is 22.0 Å². The molecule has 0 saturated carbocycles. The maximum Gasteiger partial charge on any atom is 0.265 e. The monoisotopic (exact) mass is 456 g/mol. The van der Waals surface area contributed by atoms with Crippen LogP contribution in [0.3, 0.4) is 0 Å². The van der Waals surface area contributed by atoms with Crippen LogP contribution >= 0.6 is 11.6 Å². The van der Waals surface area contributed by atoms with Crippen molar-refractivity contribution < 1.29 is 17.9 Å². The Morgan fingerprint density at radius 3 is 2.39 bits per heavy atom. The number of amides is 1. The second-order valence-corrected chi connectivity index (χ2v) is 9.92. The van der Waals surface area contributed by atoms with Gasteiger partial charge >= 0.3 is 0 Å². The predicted octanol–water partition coefficient (Wildman–Crippen LogP) is 5.45. The van der Waals surface area contributed by atoms with E-state index in [-0.39, 0.29) is 21.2 Å². The largest absolute Gasteiger partial charge is 0.454 e. The zero-order valence-electron chi connectivity index (χ0n) is 17.5. The molecule has 0 saturated heterocycles. The number of benzene rings is 3. The molecule has 0 atom stereocenters. The Bertz CT molecular complexity index is 1340. The van der Waals surface area contributed by atoms with Gasteiger partial charge in [0.2, 0.25) is 0 Å². The number of nitrogens with one attached hydrogen (secondary N) is 1. The molecule has 1 N–H and O–H groups in total. The lowest BCUT2D eigenvalue weighted by atomic mass is 10.1. The fourth-order valence-electron chi connectivity index (χ4n) is 3.33. The topological polar surface area (TPSA) is 75.7 Å². The van der Waals surface area contributed by atoms with Crippen LogP contribution in [-0.2, 0) is 10.0 Å². The highest BCUT2D eigenvalue weighted by atomic mass is 35.5. The van der Waals surface area contributed by atoms with Crippen molar-refractivity contribution in [1.82, 2.24) is 0 Å². The summed E-state index contributed by atoms with van der Waals surface area (Å²) >= 11 is 6.38. The first-order valence-corrected chi connectivity index (χ1v) is 11.4. The lowest BCUT2D eigenvalue weighted by Crippen LogP contribution is -2.27. The maximum absolute atomic E-state index is 13.4. The van der Waals surface area contributed by atoms with Gasteiger partial charge in [-0.1, -0.05) is 23.7 Å². The lowest BCUT2D eigenvalue weighted by Gasteiger charge is -2.22. The summed E-state index contributed by atoms with van der Waals surface area (Å²) in [5, 5.41) is 2.73. The van der Waals surface area contributed by atoms with Crippen molar-refractivity contribution in [2.45, 2.75) is 25.7 Å². The lowest BCUT2D eigenvalue weighted by molar-refractivity contribution is 0.102. The van der Waals surface area contributed by atoms with Crippen molar-refractivity contribution in [3.8, 4) is 11.5 Å². The standard InChI is InChI=1S/C23H21ClN2O4S/c1-13-5-8-19-21(9-13)30-20-12-18(24)22(11-17(20)23(27)25-19)31(28,29)26(4)16-7-6-14(2)15(3)10-16/h5-12H,1-4H3,(H,25,27). The number of anilines is 2. The van der Waals surface area contributed by atoms with Gasteiger partial charge in [-0.3, -0.25) is 9.10 Å². The van der Waals surface area contributed by atoms with E-state index in [1.807, 2.05) is 32.9 Å². The van der Waals surface area contributed by atoms with E-state index in [1.54, 1.807) is 24.3 Å². The third-order valence-electron chi connectivity index (χ3n) is 5.38. The van der Waals surface area contributed by atoms with Crippen LogP contribution in [0.5, 0.6) is 11.5 Å². The SMILES string of the molecule is Cc1ccc2c(c1)Oc1cc(Cl)c(S(=O)(=O)N(C)c3ccc(C)c(C)c3)cc1C(=O)N2. The average molecular weight is 457 g/mol. The van der Waals surface area contributed by atoms with Crippen LogP contribution in [0.1, 0.15) is 27.0 Å². The molecule has 31 heavy (non-hydrogen) atoms. The minimum absolute atomic E-state index is 0.0293. The predicted molar refractivity (Wildman–Crippen MR) is 122 cm³/mol. The van der Waals surface area contributed by atoms with Crippen molar-refractivity contribution in [2.24, 2.45) is 0 Å². The van der Waals surface area contributed by atoms with Crippen molar-refractivity contribution in [3.05, 3.63) is 75.8 Å². The van der Waals surface area contributed by atoms with Gasteiger partial charge in [0.25, 0.3) is 15.9 Å². The molecule has 1 aliphatic heterocycles. The van der Waals surface area contributed by atoms with Crippen LogP contribution in [0.2, 0.25) is 5.02 Å². The van der Waals surface area contributed by atoms with Crippen LogP contribution in [0.25, 0.3) is 0 Å². The molecule has 4 rings (SSSR count). The molecule has 0 aromatic heterocycles. The summed E-state index contributed by atoms with van der Waals surface area (Å²) < 4.78 is 33.8. The number of carbonyl (C=O) groups excluding carboxylic acids is 1. The zero-order valence-corrected chi connectivity index (χ0v) is 19.1. The number of carbonyl (C=O) groups is 1. The zero-order chi connectivity index (χ0) is 22.5. The van der Waals surface area contributed by atoms with Gasteiger partial charge < -0.3 is 10.1 Å². The number of aryl methyl sites for hydroxylation is 3. The van der Waals surface area contributed by atoms with E-state index < -0.39 is 15.9 Å². The summed E-state index contributed by atoms with van der Waals surface area (Å²) in [5.74, 6) is 0.185. The minimum Gasteiger partial charge on any atom is -0.454 e. The Morgan fingerprint density at radius 2 is 1.68 bits per heavy atom. The van der Waals surface area contributed by atoms with Crippen molar-refractivity contribution in [1.29, 1.82) is 0 Å². The molecule has 1 heterocycles. The molecule has 0 bridgehead atoms. The van der Waals surface area contributed by atoms with Crippen LogP contribution in [0, 0.1) is 20.8 Å². The molecule has 1 aliphatic rings. The fourth-order valence-corrected chi connectivity index (χ4v) is 5.03. The number of hydrogen-bond donors (Lipinski definition) is 1. The number of sulfonamides is 1. The number of halogens is 1. The van der Waals surface area contributed by atoms with E-state index in [0.717, 1.165) is 21.0 Å². The Balaban J connectivity index is 1.79. The number of rotatable bonds is 3. The minimum atomic E-state index is -4.03. The highest BCUT2D eigenvalue weighted by Crippen LogP contribution is 2.40. The summed E-state index contributed by atoms with van der Waals surface area (Å²) in [7, 11) is -2.57. The number of nitrogens with zero attached hydrogens (tertiary/aromatic N) is 1. The smallest absolute Gasteiger partial charge is 0.265 e. The van der Waals surface area contributed by atoms with Gasteiger partial charge in [-0.2, -0.15) is 0 Å². The molecule has 0 radical (unpaired) electrons. The Labute approximate surface area is 186 Å². The van der Waals surface area contributed by atoms with Crippen LogP contribution in [0.15, 0.2) is 53.4 Å². The average Bonchev–Trinajstić information content (AvgIpc) is 2.83. The van der Waals surface area contributed by atoms with Gasteiger partial charge in [0.15, 0.2) is 5.75 Å². The summed E-state index contributed by atoms with van der Waals surface area (Å²) in [4.78, 5) is 12.7. The molecule has 3 aromatic rings. The molecule has 6 nitrogen and oxygen atoms in total. The normalized spacial score (nSPS) is 12.9. The van der Waals surface area contributed by atoms with E-state index in [4.69, 9.17) is 16.3 Å². The van der Waals surface area contributed by atoms with Crippen molar-refractivity contribution >= 4 is 38.9 Å². The van der Waals surface area contributed by atoms with E-state index in [1.165, 1.54) is 19.2 Å². The van der Waals surface area contributed by atoms with Gasteiger partial charge in [0.1, 0.15) is 10.6 Å². The molecule has 160 valence electrons. The first-order valence-electron chi connectivity index (χ1n) is 9.57. The molecular weight excluding hydrogens is 436 g/mol. The van der Waals surface area contributed by atoms with Crippen LogP contribution < -0.4 is 14.4 Å². The van der Waals surface area contributed by atoms with Gasteiger partial charge in [-0.15, -0.1) is 0 Å². The summed E-state index contributed by atoms with van der Waals surface area (Å²) in [6.07, 6.45) is 0. The molecular formula is C23H21ClN2O4S. The number of fused-ring (bicyclic) bond motifs is 2. The maximum atomic E-state index is 13.4. The summed E-state index contributed by atoms with van der Waals surface area (Å²) in [6, 6.07) is 13.4. The Morgan fingerprint density at radius 1 is 0.935 bits per heavy atom. The van der Waals surface area contributed by atoms with Crippen molar-refractivity contribution in [2.75, 3.05) is 16.7 Å². The van der Waals surface area contributed by atoms with Crippen molar-refractivity contribution in [3.63, 3.8) is 0 Å². The number of ether oxygens (including phenoxy) is 1. The molecule has 1 amide bonds. The highest BCUT2D eigenvalue weighted by Gasteiger charge is 2.29. The molecule has 0 aliphatic carbocycles. The van der Waals surface area contributed by atoms with E-state index in [2.05, 4.69) is 5.32 Å². The number of hydrogen-bond acceptors (Lipinski definition) is 4. The first kappa shape index (κ1) is 21.2. The second kappa shape index (κ2) is 7.59. The third-order valence-corrected chi connectivity index (χ3v) is 7.63. The van der Waals surface area contributed by atoms with Crippen LogP contribution in [0.4, 0.5) is 11.4 Å². The summed E-state index contributed by atoms with van der Waals surface area (Å²) in [6.45, 7) is 5.77. The highest BCUT2D eigenvalue weighted by molar-refractivity contribution is 7.93. The molecule has 0 unspecified atom stereocenters. The van der Waals surface area contributed by atoms with E-state index in [0.29, 0.717) is 17.1 Å². The fraction of sp³-hybridized carbons (Fsp3) is 0.174. The quantitative estimate of drug-likeness (QED) is 0.568. The van der Waals surface area contributed by atoms with Crippen LogP contribution in [-0.4, -0.2) is 21.4 Å². The third kappa shape index (κ3) is 3.75. The van der Waals surface area contributed by atoms with E-state index >= 15 is 0 Å². The van der Waals surface area contributed by atoms with Gasteiger partial charge in [-0.05, 0) is 67.8 Å². The van der Waals surface area contributed by atoms with Gasteiger partial charge in [-0.25, -0.2) is 8.42 Å². The van der Waals surface area contributed by atoms with Gasteiger partial charge in [0, 0.05) is 13.1 Å².